The van der Waals surface area contributed by atoms with Gasteiger partial charge in [0.15, 0.2) is 6.10 Å². The Bertz CT molecular complexity index is 531. The predicted octanol–water partition coefficient (Wildman–Crippen LogP) is -2.35. The fourth-order valence-electron chi connectivity index (χ4n) is 1.22. The average molecular weight is 244 g/mol. The third-order valence-electron chi connectivity index (χ3n) is 2.19. The fourth-order valence-corrected chi connectivity index (χ4v) is 1.22. The van der Waals surface area contributed by atoms with Gasteiger partial charge in [-0.25, -0.2) is 9.59 Å². The van der Waals surface area contributed by atoms with Crippen LogP contribution in [0.15, 0.2) is 15.8 Å². The molecule has 0 radical (unpaired) electrons. The van der Waals surface area contributed by atoms with Crippen molar-refractivity contribution in [3.63, 3.8) is 0 Å². The fraction of sp³-hybridized carbons (Fsp3) is 0.444. The Morgan fingerprint density at radius 1 is 1.47 bits per heavy atom. The molecule has 17 heavy (non-hydrogen) atoms. The predicted molar refractivity (Wildman–Crippen MR) is 55.7 cm³/mol. The van der Waals surface area contributed by atoms with E-state index in [-0.39, 0.29) is 5.56 Å². The monoisotopic (exact) mass is 244 g/mol. The molecular weight excluding hydrogens is 232 g/mol. The van der Waals surface area contributed by atoms with E-state index in [2.05, 4.69) is 0 Å². The molecule has 2 unspecified atom stereocenters. The van der Waals surface area contributed by atoms with Gasteiger partial charge in [-0.3, -0.25) is 14.3 Å². The SMILES string of the molecule is Cc1cn(CC(O)C(O)C(=O)O)c(=O)[nH]c1=O. The van der Waals surface area contributed by atoms with Crippen molar-refractivity contribution in [2.75, 3.05) is 0 Å². The molecule has 0 fully saturated rings. The van der Waals surface area contributed by atoms with Crippen molar-refractivity contribution >= 4 is 5.97 Å². The number of aryl methyl sites for hydroxylation is 1. The summed E-state index contributed by atoms with van der Waals surface area (Å²) in [5.41, 5.74) is -1.10. The van der Waals surface area contributed by atoms with E-state index in [9.17, 15) is 19.5 Å². The van der Waals surface area contributed by atoms with Gasteiger partial charge >= 0.3 is 11.7 Å². The number of hydrogen-bond acceptors (Lipinski definition) is 5. The van der Waals surface area contributed by atoms with Crippen molar-refractivity contribution in [2.45, 2.75) is 25.7 Å². The van der Waals surface area contributed by atoms with E-state index in [1.165, 1.54) is 13.1 Å². The van der Waals surface area contributed by atoms with Crippen LogP contribution in [0.1, 0.15) is 5.56 Å². The van der Waals surface area contributed by atoms with Gasteiger partial charge < -0.3 is 15.3 Å². The zero-order valence-electron chi connectivity index (χ0n) is 8.95. The van der Waals surface area contributed by atoms with Gasteiger partial charge in [0.1, 0.15) is 6.10 Å². The molecule has 0 aliphatic heterocycles. The Morgan fingerprint density at radius 2 is 2.06 bits per heavy atom. The Labute approximate surface area is 94.8 Å². The van der Waals surface area contributed by atoms with Crippen LogP contribution in [0.4, 0.5) is 0 Å². The summed E-state index contributed by atoms with van der Waals surface area (Å²) in [5.74, 6) is -1.59. The van der Waals surface area contributed by atoms with Gasteiger partial charge in [-0.15, -0.1) is 0 Å². The second-order valence-corrected chi connectivity index (χ2v) is 3.57. The second kappa shape index (κ2) is 4.93. The van der Waals surface area contributed by atoms with Crippen LogP contribution in [-0.2, 0) is 11.3 Å². The zero-order chi connectivity index (χ0) is 13.2. The van der Waals surface area contributed by atoms with Crippen LogP contribution in [0.25, 0.3) is 0 Å². The second-order valence-electron chi connectivity index (χ2n) is 3.57. The summed E-state index contributed by atoms with van der Waals surface area (Å²) < 4.78 is 0.924. The van der Waals surface area contributed by atoms with Gasteiger partial charge in [0.05, 0.1) is 6.54 Å². The van der Waals surface area contributed by atoms with E-state index < -0.39 is 36.0 Å². The summed E-state index contributed by atoms with van der Waals surface area (Å²) in [7, 11) is 0. The van der Waals surface area contributed by atoms with E-state index in [1.807, 2.05) is 4.98 Å². The molecule has 8 heteroatoms. The van der Waals surface area contributed by atoms with Crippen molar-refractivity contribution in [1.82, 2.24) is 9.55 Å². The molecule has 0 aliphatic rings. The van der Waals surface area contributed by atoms with Crippen molar-refractivity contribution in [1.29, 1.82) is 0 Å². The lowest BCUT2D eigenvalue weighted by Gasteiger charge is -2.15. The van der Waals surface area contributed by atoms with Crippen LogP contribution in [-0.4, -0.2) is 43.0 Å². The minimum atomic E-state index is -1.99. The standard InChI is InChI=1S/C9H12N2O6/c1-4-2-11(9(17)10-7(4)14)3-5(12)6(13)8(15)16/h2,5-6,12-13H,3H2,1H3,(H,15,16)(H,10,14,17). The number of carbonyl (C=O) groups is 1. The van der Waals surface area contributed by atoms with Gasteiger partial charge in [-0.05, 0) is 6.92 Å². The molecule has 0 spiro atoms. The largest absolute Gasteiger partial charge is 0.479 e. The summed E-state index contributed by atoms with van der Waals surface area (Å²) in [6.07, 6.45) is -2.46. The van der Waals surface area contributed by atoms with Crippen LogP contribution < -0.4 is 11.2 Å². The number of carboxylic acid groups (broad SMARTS) is 1. The van der Waals surface area contributed by atoms with Crippen LogP contribution in [0.2, 0.25) is 0 Å². The first-order valence-corrected chi connectivity index (χ1v) is 4.72. The number of aromatic amines is 1. The first kappa shape index (κ1) is 13.1. The molecule has 0 bridgehead atoms. The first-order chi connectivity index (χ1) is 7.82. The molecule has 1 rings (SSSR count). The average Bonchev–Trinajstić information content (AvgIpc) is 2.24. The van der Waals surface area contributed by atoms with Gasteiger partial charge in [0.25, 0.3) is 5.56 Å². The highest BCUT2D eigenvalue weighted by Gasteiger charge is 2.24. The van der Waals surface area contributed by atoms with Crippen LogP contribution in [0.3, 0.4) is 0 Å². The number of carboxylic acids is 1. The number of aromatic nitrogens is 2. The number of H-pyrrole nitrogens is 1. The first-order valence-electron chi connectivity index (χ1n) is 4.72. The van der Waals surface area contributed by atoms with Crippen LogP contribution in [0.5, 0.6) is 0 Å². The van der Waals surface area contributed by atoms with Crippen LogP contribution >= 0.6 is 0 Å². The Hall–Kier alpha value is -1.93. The number of hydrogen-bond donors (Lipinski definition) is 4. The minimum absolute atomic E-state index is 0.238. The van der Waals surface area contributed by atoms with E-state index >= 15 is 0 Å². The third kappa shape index (κ3) is 3.02. The lowest BCUT2D eigenvalue weighted by molar-refractivity contribution is -0.153. The van der Waals surface area contributed by atoms with Crippen molar-refractivity contribution in [3.8, 4) is 0 Å². The highest BCUT2D eigenvalue weighted by Crippen LogP contribution is 1.97. The number of aliphatic hydroxyl groups is 2. The minimum Gasteiger partial charge on any atom is -0.479 e. The summed E-state index contributed by atoms with van der Waals surface area (Å²) in [5, 5.41) is 26.8. The van der Waals surface area contributed by atoms with Crippen LogP contribution in [0, 0.1) is 6.92 Å². The maximum absolute atomic E-state index is 11.3. The number of nitrogens with zero attached hydrogens (tertiary/aromatic N) is 1. The Morgan fingerprint density at radius 3 is 2.59 bits per heavy atom. The van der Waals surface area contributed by atoms with Gasteiger partial charge in [0, 0.05) is 11.8 Å². The molecule has 8 nitrogen and oxygen atoms in total. The highest BCUT2D eigenvalue weighted by atomic mass is 16.4. The number of nitrogens with one attached hydrogen (secondary N) is 1. The Balaban J connectivity index is 2.97. The molecule has 1 heterocycles. The lowest BCUT2D eigenvalue weighted by atomic mass is 10.2. The molecule has 0 amide bonds. The topological polar surface area (TPSA) is 133 Å². The van der Waals surface area contributed by atoms with Gasteiger partial charge in [-0.2, -0.15) is 0 Å². The molecule has 0 saturated carbocycles. The molecule has 1 aromatic rings. The van der Waals surface area contributed by atoms with Gasteiger partial charge in [0.2, 0.25) is 0 Å². The maximum Gasteiger partial charge on any atom is 0.335 e. The van der Waals surface area contributed by atoms with Crippen molar-refractivity contribution in [3.05, 3.63) is 32.6 Å². The molecule has 4 N–H and O–H groups in total. The van der Waals surface area contributed by atoms with Gasteiger partial charge in [-0.1, -0.05) is 0 Å². The highest BCUT2D eigenvalue weighted by molar-refractivity contribution is 5.72. The summed E-state index contributed by atoms with van der Waals surface area (Å²) in [6, 6.07) is 0. The number of rotatable bonds is 4. The van der Waals surface area contributed by atoms with E-state index in [0.29, 0.717) is 0 Å². The van der Waals surface area contributed by atoms with E-state index in [4.69, 9.17) is 10.2 Å². The number of aliphatic carboxylic acids is 1. The normalized spacial score (nSPS) is 14.3. The quantitative estimate of drug-likeness (QED) is 0.468. The van der Waals surface area contributed by atoms with E-state index in [0.717, 1.165) is 4.57 Å². The molecule has 2 atom stereocenters. The smallest absolute Gasteiger partial charge is 0.335 e. The van der Waals surface area contributed by atoms with Crippen molar-refractivity contribution in [2.24, 2.45) is 0 Å². The lowest BCUT2D eigenvalue weighted by Crippen LogP contribution is -2.41. The summed E-state index contributed by atoms with van der Waals surface area (Å²) >= 11 is 0. The maximum atomic E-state index is 11.3. The molecule has 0 saturated heterocycles. The van der Waals surface area contributed by atoms with E-state index in [1.54, 1.807) is 0 Å². The molecule has 1 aromatic heterocycles. The summed E-state index contributed by atoms with van der Waals surface area (Å²) in [6.45, 7) is 1.03. The third-order valence-corrected chi connectivity index (χ3v) is 2.19. The Kier molecular flexibility index (Phi) is 3.81. The van der Waals surface area contributed by atoms with Crippen molar-refractivity contribution < 1.29 is 20.1 Å². The molecular formula is C9H12N2O6. The molecule has 0 aromatic carbocycles. The number of aliphatic hydroxyl groups excluding tert-OH is 2. The zero-order valence-corrected chi connectivity index (χ0v) is 8.95. The summed E-state index contributed by atoms with van der Waals surface area (Å²) in [4.78, 5) is 34.7. The molecule has 94 valence electrons. The molecule has 0 aliphatic carbocycles.